The number of carbonyl (C=O) groups excluding carboxylic acids is 1. The third-order valence-electron chi connectivity index (χ3n) is 4.97. The van der Waals surface area contributed by atoms with Gasteiger partial charge in [0.05, 0.1) is 6.61 Å². The Labute approximate surface area is 132 Å². The summed E-state index contributed by atoms with van der Waals surface area (Å²) in [5.74, 6) is 1.36. The molecular weight excluding hydrogens is 276 g/mol. The Morgan fingerprint density at radius 2 is 2.05 bits per heavy atom. The van der Waals surface area contributed by atoms with Crippen molar-refractivity contribution in [3.05, 3.63) is 29.8 Å². The van der Waals surface area contributed by atoms with Gasteiger partial charge in [0.1, 0.15) is 5.75 Å². The maximum absolute atomic E-state index is 12.3. The third-order valence-corrected chi connectivity index (χ3v) is 4.97. The highest BCUT2D eigenvalue weighted by atomic mass is 16.5. The molecule has 2 N–H and O–H groups in total. The summed E-state index contributed by atoms with van der Waals surface area (Å²) in [6.45, 7) is 5.56. The lowest BCUT2D eigenvalue weighted by Gasteiger charge is -2.23. The number of ether oxygens (including phenoxy) is 1. The highest BCUT2D eigenvalue weighted by Gasteiger charge is 2.57. The number of hydrogen-bond donors (Lipinski definition) is 2. The monoisotopic (exact) mass is 302 g/mol. The van der Waals surface area contributed by atoms with E-state index < -0.39 is 0 Å². The first-order valence-corrected chi connectivity index (χ1v) is 8.44. The second-order valence-electron chi connectivity index (χ2n) is 6.58. The number of hydrogen-bond acceptors (Lipinski definition) is 3. The summed E-state index contributed by atoms with van der Waals surface area (Å²) in [5.41, 5.74) is 1.44. The predicted octanol–water partition coefficient (Wildman–Crippen LogP) is 2.48. The van der Waals surface area contributed by atoms with E-state index in [1.807, 2.05) is 24.3 Å². The average molecular weight is 302 g/mol. The molecule has 4 heteroatoms. The number of nitrogens with one attached hydrogen (secondary N) is 2. The Bertz CT molecular complexity index is 506. The van der Waals surface area contributed by atoms with Gasteiger partial charge in [0.25, 0.3) is 0 Å². The lowest BCUT2D eigenvalue weighted by Crippen LogP contribution is -2.33. The molecule has 1 aromatic carbocycles. The molecule has 1 heterocycles. The van der Waals surface area contributed by atoms with Gasteiger partial charge in [-0.15, -0.1) is 0 Å². The van der Waals surface area contributed by atoms with Crippen LogP contribution in [0.5, 0.6) is 5.75 Å². The zero-order valence-corrected chi connectivity index (χ0v) is 13.4. The molecule has 4 nitrogen and oxygen atoms in total. The van der Waals surface area contributed by atoms with Crippen molar-refractivity contribution in [1.29, 1.82) is 0 Å². The Morgan fingerprint density at radius 1 is 1.32 bits per heavy atom. The van der Waals surface area contributed by atoms with E-state index in [9.17, 15) is 4.79 Å². The van der Waals surface area contributed by atoms with Crippen molar-refractivity contribution in [1.82, 2.24) is 10.6 Å². The van der Waals surface area contributed by atoms with Crippen LogP contribution < -0.4 is 15.4 Å². The Balaban J connectivity index is 1.45. The topological polar surface area (TPSA) is 50.4 Å². The van der Waals surface area contributed by atoms with Gasteiger partial charge in [0, 0.05) is 12.5 Å². The first kappa shape index (κ1) is 15.3. The molecule has 1 unspecified atom stereocenters. The standard InChI is InChI=1S/C18H26N2O2/c1-2-11-22-15-5-3-14(4-6-15)13-20-17(21)16-12-18(16)7-9-19-10-8-18/h3-6,16,19H,2,7-13H2,1H3,(H,20,21). The molecular formula is C18H26N2O2. The second kappa shape index (κ2) is 6.69. The number of carbonyl (C=O) groups is 1. The number of benzene rings is 1. The van der Waals surface area contributed by atoms with Crippen molar-refractivity contribution in [2.45, 2.75) is 39.2 Å². The molecule has 22 heavy (non-hydrogen) atoms. The smallest absolute Gasteiger partial charge is 0.223 e. The van der Waals surface area contributed by atoms with Crippen LogP contribution in [0.3, 0.4) is 0 Å². The fourth-order valence-electron chi connectivity index (χ4n) is 3.43. The first-order valence-electron chi connectivity index (χ1n) is 8.44. The van der Waals surface area contributed by atoms with Crippen LogP contribution in [0.25, 0.3) is 0 Å². The van der Waals surface area contributed by atoms with Gasteiger partial charge >= 0.3 is 0 Å². The molecule has 2 fully saturated rings. The van der Waals surface area contributed by atoms with Crippen LogP contribution in [0.15, 0.2) is 24.3 Å². The van der Waals surface area contributed by atoms with Gasteiger partial charge < -0.3 is 15.4 Å². The van der Waals surface area contributed by atoms with Gasteiger partial charge in [0.15, 0.2) is 0 Å². The van der Waals surface area contributed by atoms with Gasteiger partial charge in [0.2, 0.25) is 5.91 Å². The van der Waals surface area contributed by atoms with E-state index in [0.29, 0.717) is 12.0 Å². The molecule has 1 aliphatic carbocycles. The normalized spacial score (nSPS) is 22.3. The summed E-state index contributed by atoms with van der Waals surface area (Å²) in [6.07, 6.45) is 4.38. The van der Waals surface area contributed by atoms with Crippen molar-refractivity contribution in [3.63, 3.8) is 0 Å². The number of amides is 1. The third kappa shape index (κ3) is 3.43. The highest BCUT2D eigenvalue weighted by Crippen LogP contribution is 2.58. The summed E-state index contributed by atoms with van der Waals surface area (Å²) in [7, 11) is 0. The minimum atomic E-state index is 0.230. The Kier molecular flexibility index (Phi) is 4.67. The zero-order valence-electron chi connectivity index (χ0n) is 13.4. The van der Waals surface area contributed by atoms with Crippen molar-refractivity contribution >= 4 is 5.91 Å². The van der Waals surface area contributed by atoms with Crippen LogP contribution in [0, 0.1) is 11.3 Å². The molecule has 0 aromatic heterocycles. The van der Waals surface area contributed by atoms with E-state index in [2.05, 4.69) is 17.6 Å². The highest BCUT2D eigenvalue weighted by molar-refractivity contribution is 5.82. The summed E-state index contributed by atoms with van der Waals surface area (Å²) in [5, 5.41) is 6.47. The molecule has 1 saturated heterocycles. The molecule has 1 saturated carbocycles. The molecule has 120 valence electrons. The van der Waals surface area contributed by atoms with Crippen molar-refractivity contribution in [2.75, 3.05) is 19.7 Å². The molecule has 1 aromatic rings. The predicted molar refractivity (Wildman–Crippen MR) is 86.7 cm³/mol. The molecule has 3 rings (SSSR count). The fourth-order valence-corrected chi connectivity index (χ4v) is 3.43. The van der Waals surface area contributed by atoms with Crippen molar-refractivity contribution in [2.24, 2.45) is 11.3 Å². The van der Waals surface area contributed by atoms with E-state index >= 15 is 0 Å². The van der Waals surface area contributed by atoms with Gasteiger partial charge in [-0.3, -0.25) is 4.79 Å². The first-order chi connectivity index (χ1) is 10.7. The quantitative estimate of drug-likeness (QED) is 0.849. The van der Waals surface area contributed by atoms with Crippen molar-refractivity contribution in [3.8, 4) is 5.75 Å². The molecule has 1 spiro atoms. The van der Waals surface area contributed by atoms with E-state index in [1.165, 1.54) is 0 Å². The fraction of sp³-hybridized carbons (Fsp3) is 0.611. The average Bonchev–Trinajstić information content (AvgIpc) is 3.25. The van der Waals surface area contributed by atoms with E-state index in [4.69, 9.17) is 4.74 Å². The van der Waals surface area contributed by atoms with Gasteiger partial charge in [-0.05, 0) is 61.9 Å². The van der Waals surface area contributed by atoms with Crippen LogP contribution >= 0.6 is 0 Å². The number of rotatable bonds is 6. The molecule has 1 amide bonds. The summed E-state index contributed by atoms with van der Waals surface area (Å²) in [4.78, 5) is 12.3. The van der Waals surface area contributed by atoms with E-state index in [1.54, 1.807) is 0 Å². The summed E-state index contributed by atoms with van der Waals surface area (Å²) >= 11 is 0. The van der Waals surface area contributed by atoms with Gasteiger partial charge in [-0.2, -0.15) is 0 Å². The van der Waals surface area contributed by atoms with Crippen LogP contribution in [-0.2, 0) is 11.3 Å². The molecule has 0 radical (unpaired) electrons. The SMILES string of the molecule is CCCOc1ccc(CNC(=O)C2CC23CCNCC3)cc1. The van der Waals surface area contributed by atoms with E-state index in [0.717, 1.165) is 56.7 Å². The van der Waals surface area contributed by atoms with E-state index in [-0.39, 0.29) is 11.8 Å². The van der Waals surface area contributed by atoms with Gasteiger partial charge in [-0.1, -0.05) is 19.1 Å². The zero-order chi connectivity index (χ0) is 15.4. The summed E-state index contributed by atoms with van der Waals surface area (Å²) in [6, 6.07) is 8.00. The maximum Gasteiger partial charge on any atom is 0.223 e. The second-order valence-corrected chi connectivity index (χ2v) is 6.58. The molecule has 0 bridgehead atoms. The Morgan fingerprint density at radius 3 is 2.73 bits per heavy atom. The Hall–Kier alpha value is -1.55. The van der Waals surface area contributed by atoms with Crippen LogP contribution in [0.4, 0.5) is 0 Å². The minimum absolute atomic E-state index is 0.230. The largest absolute Gasteiger partial charge is 0.494 e. The molecule has 1 aliphatic heterocycles. The minimum Gasteiger partial charge on any atom is -0.494 e. The van der Waals surface area contributed by atoms with Crippen LogP contribution in [-0.4, -0.2) is 25.6 Å². The van der Waals surface area contributed by atoms with Crippen molar-refractivity contribution < 1.29 is 9.53 Å². The molecule has 1 atom stereocenters. The lowest BCUT2D eigenvalue weighted by atomic mass is 9.92. The number of piperidine rings is 1. The maximum atomic E-state index is 12.3. The molecule has 2 aliphatic rings. The van der Waals surface area contributed by atoms with Crippen LogP contribution in [0.1, 0.15) is 38.2 Å². The summed E-state index contributed by atoms with van der Waals surface area (Å²) < 4.78 is 5.57. The van der Waals surface area contributed by atoms with Crippen LogP contribution in [0.2, 0.25) is 0 Å². The lowest BCUT2D eigenvalue weighted by molar-refractivity contribution is -0.123. The van der Waals surface area contributed by atoms with Gasteiger partial charge in [-0.25, -0.2) is 0 Å².